The quantitative estimate of drug-likeness (QED) is 0.636. The van der Waals surface area contributed by atoms with Crippen molar-refractivity contribution in [2.24, 2.45) is 0 Å². The van der Waals surface area contributed by atoms with Crippen LogP contribution >= 0.6 is 0 Å². The first-order valence-corrected chi connectivity index (χ1v) is 8.03. The van der Waals surface area contributed by atoms with Crippen LogP contribution in [-0.2, 0) is 6.18 Å². The third-order valence-electron chi connectivity index (χ3n) is 3.87. The largest absolute Gasteiger partial charge is 0.586 e. The fourth-order valence-corrected chi connectivity index (χ4v) is 2.69. The number of carbonyl (C=O) groups excluding carboxylic acids is 1. The lowest BCUT2D eigenvalue weighted by molar-refractivity contribution is -0.286. The zero-order chi connectivity index (χ0) is 21.7. The van der Waals surface area contributed by atoms with Gasteiger partial charge in [-0.15, -0.1) is 13.9 Å². The number of fused-ring (bicyclic) bond motifs is 1. The molecule has 2 aromatic carbocycles. The van der Waals surface area contributed by atoms with Gasteiger partial charge in [0.05, 0.1) is 5.69 Å². The van der Waals surface area contributed by atoms with E-state index in [1.165, 1.54) is 0 Å². The van der Waals surface area contributed by atoms with Crippen LogP contribution in [0.2, 0.25) is 0 Å². The van der Waals surface area contributed by atoms with Gasteiger partial charge in [-0.3, -0.25) is 4.79 Å². The summed E-state index contributed by atoms with van der Waals surface area (Å²) >= 11 is 0. The molecule has 13 heteroatoms. The van der Waals surface area contributed by atoms with Crippen molar-refractivity contribution in [3.63, 3.8) is 0 Å². The Bertz CT molecular complexity index is 1140. The number of nitrogens with zero attached hydrogens (tertiary/aromatic N) is 3. The summed E-state index contributed by atoms with van der Waals surface area (Å²) in [5.41, 5.74) is -3.11. The molecule has 0 unspecified atom stereocenters. The van der Waals surface area contributed by atoms with Gasteiger partial charge in [0.2, 0.25) is 0 Å². The van der Waals surface area contributed by atoms with E-state index in [-0.39, 0.29) is 21.8 Å². The number of nitrogens with one attached hydrogen (secondary N) is 1. The molecule has 1 aromatic heterocycles. The van der Waals surface area contributed by atoms with E-state index in [1.54, 1.807) is 0 Å². The van der Waals surface area contributed by atoms with Crippen molar-refractivity contribution >= 4 is 11.6 Å². The van der Waals surface area contributed by atoms with Gasteiger partial charge in [-0.05, 0) is 30.3 Å². The van der Waals surface area contributed by atoms with Crippen molar-refractivity contribution in [3.8, 4) is 17.2 Å². The minimum absolute atomic E-state index is 0.159. The van der Waals surface area contributed by atoms with E-state index in [4.69, 9.17) is 0 Å². The van der Waals surface area contributed by atoms with E-state index in [2.05, 4.69) is 25.1 Å². The molecule has 156 valence electrons. The summed E-state index contributed by atoms with van der Waals surface area (Å²) < 4.78 is 89.0. The fourth-order valence-electron chi connectivity index (χ4n) is 2.69. The van der Waals surface area contributed by atoms with Gasteiger partial charge < -0.3 is 14.8 Å². The highest BCUT2D eigenvalue weighted by Gasteiger charge is 2.44. The number of amides is 1. The molecule has 1 N–H and O–H groups in total. The lowest BCUT2D eigenvalue weighted by Crippen LogP contribution is -2.25. The van der Waals surface area contributed by atoms with Crippen molar-refractivity contribution in [1.29, 1.82) is 0 Å². The van der Waals surface area contributed by atoms with E-state index < -0.39 is 41.3 Å². The van der Waals surface area contributed by atoms with Gasteiger partial charge in [-0.2, -0.15) is 13.2 Å². The first-order chi connectivity index (χ1) is 14.0. The number of anilines is 1. The SMILES string of the molecule is O=C(Nc1ccc2c(c1)OC(F)(F)O2)c1nnn(-c2cccc(F)c2)c1C(F)(F)F. The van der Waals surface area contributed by atoms with Crippen LogP contribution in [0.3, 0.4) is 0 Å². The van der Waals surface area contributed by atoms with E-state index in [9.17, 15) is 31.1 Å². The second kappa shape index (κ2) is 6.64. The Hall–Kier alpha value is -3.77. The Kier molecular flexibility index (Phi) is 4.33. The number of alkyl halides is 5. The van der Waals surface area contributed by atoms with E-state index in [0.29, 0.717) is 0 Å². The van der Waals surface area contributed by atoms with Crippen LogP contribution in [0.1, 0.15) is 16.2 Å². The van der Waals surface area contributed by atoms with Gasteiger partial charge >= 0.3 is 12.5 Å². The summed E-state index contributed by atoms with van der Waals surface area (Å²) in [7, 11) is 0. The van der Waals surface area contributed by atoms with Crippen molar-refractivity contribution < 1.29 is 40.6 Å². The molecule has 2 heterocycles. The first-order valence-electron chi connectivity index (χ1n) is 8.03. The summed E-state index contributed by atoms with van der Waals surface area (Å²) in [5.74, 6) is -2.88. The highest BCUT2D eigenvalue weighted by molar-refractivity contribution is 6.04. The molecule has 0 aliphatic carbocycles. The second-order valence-corrected chi connectivity index (χ2v) is 5.96. The summed E-state index contributed by atoms with van der Waals surface area (Å²) in [6.07, 6.45) is -8.97. The summed E-state index contributed by atoms with van der Waals surface area (Å²) in [5, 5.41) is 8.67. The normalized spacial score (nSPS) is 14.6. The summed E-state index contributed by atoms with van der Waals surface area (Å²) in [4.78, 5) is 12.4. The number of rotatable bonds is 3. The van der Waals surface area contributed by atoms with Crippen LogP contribution in [-0.4, -0.2) is 27.2 Å². The number of aromatic nitrogens is 3. The number of halogens is 6. The molecule has 0 saturated carbocycles. The van der Waals surface area contributed by atoms with Gasteiger partial charge in [0.15, 0.2) is 22.9 Å². The smallest absolute Gasteiger partial charge is 0.395 e. The first kappa shape index (κ1) is 19.5. The molecule has 0 spiro atoms. The number of hydrogen-bond donors (Lipinski definition) is 1. The van der Waals surface area contributed by atoms with Crippen LogP contribution in [0.25, 0.3) is 5.69 Å². The molecule has 0 fully saturated rings. The van der Waals surface area contributed by atoms with Gasteiger partial charge in [0, 0.05) is 11.8 Å². The maximum atomic E-state index is 13.6. The third-order valence-corrected chi connectivity index (χ3v) is 3.87. The molecule has 1 amide bonds. The van der Waals surface area contributed by atoms with E-state index in [0.717, 1.165) is 42.5 Å². The molecule has 0 bridgehead atoms. The standard InChI is InChI=1S/C17H8F6N4O3/c18-8-2-1-3-10(6-8)27-14(16(19,20)21)13(25-26-27)15(28)24-9-4-5-11-12(7-9)30-17(22,23)29-11/h1-7H,(H,24,28). The molecular weight excluding hydrogens is 422 g/mol. The molecule has 1 aliphatic rings. The predicted octanol–water partition coefficient (Wildman–Crippen LogP) is 4.00. The molecule has 3 aromatic rings. The monoisotopic (exact) mass is 430 g/mol. The molecule has 7 nitrogen and oxygen atoms in total. The fraction of sp³-hybridized carbons (Fsp3) is 0.118. The second-order valence-electron chi connectivity index (χ2n) is 5.96. The molecular formula is C17H8F6N4O3. The van der Waals surface area contributed by atoms with Crippen molar-refractivity contribution in [2.75, 3.05) is 5.32 Å². The molecule has 0 atom stereocenters. The summed E-state index contributed by atoms with van der Waals surface area (Å²) in [6.45, 7) is 0. The van der Waals surface area contributed by atoms with Gasteiger partial charge in [0.25, 0.3) is 5.91 Å². The Labute approximate surface area is 162 Å². The number of hydrogen-bond acceptors (Lipinski definition) is 5. The lowest BCUT2D eigenvalue weighted by Gasteiger charge is -2.11. The highest BCUT2D eigenvalue weighted by atomic mass is 19.4. The molecule has 4 rings (SSSR count). The number of ether oxygens (including phenoxy) is 2. The van der Waals surface area contributed by atoms with Gasteiger partial charge in [0.1, 0.15) is 5.82 Å². The Morgan fingerprint density at radius 3 is 2.50 bits per heavy atom. The average molecular weight is 430 g/mol. The molecule has 0 radical (unpaired) electrons. The zero-order valence-electron chi connectivity index (χ0n) is 14.4. The predicted molar refractivity (Wildman–Crippen MR) is 86.9 cm³/mol. The topological polar surface area (TPSA) is 78.3 Å². The Balaban J connectivity index is 1.67. The third kappa shape index (κ3) is 3.60. The zero-order valence-corrected chi connectivity index (χ0v) is 14.4. The van der Waals surface area contributed by atoms with Crippen molar-refractivity contribution in [1.82, 2.24) is 15.0 Å². The Morgan fingerprint density at radius 1 is 1.07 bits per heavy atom. The van der Waals surface area contributed by atoms with Crippen LogP contribution in [0.15, 0.2) is 42.5 Å². The molecule has 0 saturated heterocycles. The lowest BCUT2D eigenvalue weighted by atomic mass is 10.2. The van der Waals surface area contributed by atoms with E-state index >= 15 is 0 Å². The summed E-state index contributed by atoms with van der Waals surface area (Å²) in [6, 6.07) is 7.21. The van der Waals surface area contributed by atoms with Crippen LogP contribution in [0.4, 0.5) is 32.0 Å². The number of carbonyl (C=O) groups is 1. The highest BCUT2D eigenvalue weighted by Crippen LogP contribution is 2.42. The maximum absolute atomic E-state index is 13.6. The molecule has 30 heavy (non-hydrogen) atoms. The Morgan fingerprint density at radius 2 is 1.80 bits per heavy atom. The van der Waals surface area contributed by atoms with Crippen LogP contribution in [0.5, 0.6) is 11.5 Å². The molecule has 1 aliphatic heterocycles. The van der Waals surface area contributed by atoms with Gasteiger partial charge in [-0.25, -0.2) is 9.07 Å². The minimum atomic E-state index is -5.07. The maximum Gasteiger partial charge on any atom is 0.586 e. The average Bonchev–Trinajstić information content (AvgIpc) is 3.21. The van der Waals surface area contributed by atoms with Crippen molar-refractivity contribution in [3.05, 3.63) is 59.7 Å². The van der Waals surface area contributed by atoms with Gasteiger partial charge in [-0.1, -0.05) is 11.3 Å². The number of benzene rings is 2. The van der Waals surface area contributed by atoms with Crippen molar-refractivity contribution in [2.45, 2.75) is 12.5 Å². The van der Waals surface area contributed by atoms with E-state index in [1.807, 2.05) is 0 Å². The van der Waals surface area contributed by atoms with Crippen LogP contribution in [0, 0.1) is 5.82 Å². The minimum Gasteiger partial charge on any atom is -0.395 e. The van der Waals surface area contributed by atoms with Crippen LogP contribution < -0.4 is 14.8 Å².